The van der Waals surface area contributed by atoms with Crippen molar-refractivity contribution in [1.82, 2.24) is 33.2 Å². The van der Waals surface area contributed by atoms with Crippen LogP contribution >= 0.6 is 0 Å². The number of nitriles is 1. The lowest BCUT2D eigenvalue weighted by Crippen LogP contribution is -2.50. The summed E-state index contributed by atoms with van der Waals surface area (Å²) in [4.78, 5) is 10.6. The Balaban J connectivity index is 1.39. The van der Waals surface area contributed by atoms with Gasteiger partial charge in [0, 0.05) is 63.7 Å². The van der Waals surface area contributed by atoms with Crippen molar-refractivity contribution in [2.24, 2.45) is 14.1 Å². The molecule has 0 aliphatic carbocycles. The second-order valence-corrected chi connectivity index (χ2v) is 12.1. The first-order valence-electron chi connectivity index (χ1n) is 13.1. The average molecular weight is 568 g/mol. The van der Waals surface area contributed by atoms with E-state index in [1.54, 1.807) is 39.2 Å². The molecule has 1 aliphatic heterocycles. The van der Waals surface area contributed by atoms with Gasteiger partial charge in [0.05, 0.1) is 42.2 Å². The number of aryl methyl sites for hydroxylation is 2. The molecule has 41 heavy (non-hydrogen) atoms. The van der Waals surface area contributed by atoms with Crippen molar-refractivity contribution >= 4 is 15.7 Å². The lowest BCUT2D eigenvalue weighted by molar-refractivity contribution is 0.301. The highest BCUT2D eigenvalue weighted by Crippen LogP contribution is 2.33. The van der Waals surface area contributed by atoms with Gasteiger partial charge in [-0.3, -0.25) is 0 Å². The van der Waals surface area contributed by atoms with Crippen LogP contribution in [0, 0.1) is 11.3 Å². The van der Waals surface area contributed by atoms with Crippen molar-refractivity contribution in [2.45, 2.75) is 30.6 Å². The van der Waals surface area contributed by atoms with Crippen LogP contribution in [0.1, 0.15) is 22.4 Å². The van der Waals surface area contributed by atoms with Crippen LogP contribution in [0.2, 0.25) is 0 Å². The standard InChI is InChI=1S/C29H29N9O2S/c1-34-19-29(32-21-34)41(39,40)38(16-22-4-7-25(8-5-22)37-11-3-10-33-37)26-13-24-12-23(14-30)6-9-28(24)36(17-26)18-27-15-31-20-35(27)2/h3-12,15,19-21,26H,13,16-18H2,1-2H3. The number of anilines is 1. The minimum absolute atomic E-state index is 0.00270. The van der Waals surface area contributed by atoms with Crippen molar-refractivity contribution in [3.05, 3.63) is 108 Å². The molecular formula is C29H29N9O2S. The van der Waals surface area contributed by atoms with E-state index < -0.39 is 16.1 Å². The van der Waals surface area contributed by atoms with Gasteiger partial charge in [-0.1, -0.05) is 12.1 Å². The van der Waals surface area contributed by atoms with Crippen molar-refractivity contribution in [2.75, 3.05) is 11.4 Å². The molecule has 0 saturated heterocycles. The summed E-state index contributed by atoms with van der Waals surface area (Å²) in [6.07, 6.45) is 10.6. The average Bonchev–Trinajstić information content (AvgIpc) is 3.75. The number of rotatable bonds is 8. The summed E-state index contributed by atoms with van der Waals surface area (Å²) in [5, 5.41) is 13.9. The van der Waals surface area contributed by atoms with Crippen LogP contribution in [0.4, 0.5) is 5.69 Å². The zero-order valence-electron chi connectivity index (χ0n) is 22.7. The van der Waals surface area contributed by atoms with Gasteiger partial charge in [-0.2, -0.15) is 14.7 Å². The Morgan fingerprint density at radius 2 is 1.95 bits per heavy atom. The summed E-state index contributed by atoms with van der Waals surface area (Å²) in [7, 11) is -0.280. The summed E-state index contributed by atoms with van der Waals surface area (Å²) in [5.74, 6) is 0. The van der Waals surface area contributed by atoms with Crippen molar-refractivity contribution in [1.29, 1.82) is 5.26 Å². The number of imidazole rings is 2. The molecule has 0 bridgehead atoms. The molecule has 4 heterocycles. The first kappa shape index (κ1) is 26.5. The third kappa shape index (κ3) is 5.25. The number of benzene rings is 2. The number of fused-ring (bicyclic) bond motifs is 1. The Hall–Kier alpha value is -4.73. The van der Waals surface area contributed by atoms with E-state index in [0.717, 1.165) is 28.2 Å². The molecule has 0 fully saturated rings. The maximum Gasteiger partial charge on any atom is 0.262 e. The number of hydrogen-bond acceptors (Lipinski definition) is 7. The Kier molecular flexibility index (Phi) is 6.90. The van der Waals surface area contributed by atoms with E-state index in [1.807, 2.05) is 66.5 Å². The summed E-state index contributed by atoms with van der Waals surface area (Å²) in [6.45, 7) is 1.17. The quantitative estimate of drug-likeness (QED) is 0.283. The van der Waals surface area contributed by atoms with Crippen LogP contribution in [-0.2, 0) is 43.6 Å². The third-order valence-electron chi connectivity index (χ3n) is 7.41. The van der Waals surface area contributed by atoms with Gasteiger partial charge >= 0.3 is 0 Å². The minimum Gasteiger partial charge on any atom is -0.364 e. The fourth-order valence-corrected chi connectivity index (χ4v) is 6.85. The van der Waals surface area contributed by atoms with Crippen LogP contribution in [0.25, 0.3) is 5.69 Å². The highest BCUT2D eigenvalue weighted by Gasteiger charge is 2.37. The SMILES string of the molecule is Cn1cnc(S(=O)(=O)N(Cc2ccc(-n3cccn3)cc2)C2Cc3cc(C#N)ccc3N(Cc3cncn3C)C2)c1. The van der Waals surface area contributed by atoms with Crippen LogP contribution in [0.5, 0.6) is 0 Å². The molecule has 5 aromatic rings. The van der Waals surface area contributed by atoms with Gasteiger partial charge < -0.3 is 14.0 Å². The molecule has 1 aliphatic rings. The molecule has 208 valence electrons. The van der Waals surface area contributed by atoms with Crippen LogP contribution in [0.3, 0.4) is 0 Å². The lowest BCUT2D eigenvalue weighted by atomic mass is 9.95. The highest BCUT2D eigenvalue weighted by atomic mass is 32.2. The zero-order chi connectivity index (χ0) is 28.6. The molecule has 3 aromatic heterocycles. The molecule has 1 atom stereocenters. The first-order chi connectivity index (χ1) is 19.8. The van der Waals surface area contributed by atoms with Crippen LogP contribution < -0.4 is 4.90 Å². The molecule has 1 unspecified atom stereocenters. The fourth-order valence-electron chi connectivity index (χ4n) is 5.28. The number of aromatic nitrogens is 6. The van der Waals surface area contributed by atoms with E-state index in [-0.39, 0.29) is 11.6 Å². The summed E-state index contributed by atoms with van der Waals surface area (Å²) >= 11 is 0. The Bertz CT molecular complexity index is 1820. The maximum atomic E-state index is 14.2. The van der Waals surface area contributed by atoms with Gasteiger partial charge in [0.2, 0.25) is 0 Å². The van der Waals surface area contributed by atoms with Crippen molar-refractivity contribution in [3.8, 4) is 11.8 Å². The second-order valence-electron chi connectivity index (χ2n) is 10.2. The Labute approximate surface area is 238 Å². The van der Waals surface area contributed by atoms with E-state index in [0.29, 0.717) is 25.1 Å². The largest absolute Gasteiger partial charge is 0.364 e. The van der Waals surface area contributed by atoms with Gasteiger partial charge in [0.25, 0.3) is 10.0 Å². The molecule has 0 radical (unpaired) electrons. The van der Waals surface area contributed by atoms with Gasteiger partial charge in [-0.25, -0.2) is 23.1 Å². The van der Waals surface area contributed by atoms with E-state index in [4.69, 9.17) is 0 Å². The topological polar surface area (TPSA) is 118 Å². The zero-order valence-corrected chi connectivity index (χ0v) is 23.6. The predicted molar refractivity (Wildman–Crippen MR) is 152 cm³/mol. The molecule has 12 heteroatoms. The van der Waals surface area contributed by atoms with Crippen LogP contribution in [-0.4, -0.2) is 54.2 Å². The molecule has 0 saturated carbocycles. The van der Waals surface area contributed by atoms with E-state index in [9.17, 15) is 13.7 Å². The minimum atomic E-state index is -3.97. The molecular weight excluding hydrogens is 538 g/mol. The number of nitrogens with zero attached hydrogens (tertiary/aromatic N) is 9. The van der Waals surface area contributed by atoms with Gasteiger partial charge in [-0.15, -0.1) is 0 Å². The number of hydrogen-bond donors (Lipinski definition) is 0. The summed E-state index contributed by atoms with van der Waals surface area (Å²) in [5.41, 5.74) is 5.18. The first-order valence-corrected chi connectivity index (χ1v) is 14.6. The molecule has 6 rings (SSSR count). The predicted octanol–water partition coefficient (Wildman–Crippen LogP) is 3.03. The highest BCUT2D eigenvalue weighted by molar-refractivity contribution is 7.89. The molecule has 11 nitrogen and oxygen atoms in total. The maximum absolute atomic E-state index is 14.2. The van der Waals surface area contributed by atoms with E-state index >= 15 is 0 Å². The van der Waals surface area contributed by atoms with Crippen molar-refractivity contribution < 1.29 is 8.42 Å². The summed E-state index contributed by atoms with van der Waals surface area (Å²) in [6, 6.07) is 17.0. The van der Waals surface area contributed by atoms with Crippen molar-refractivity contribution in [3.63, 3.8) is 0 Å². The second kappa shape index (κ2) is 10.7. The molecule has 0 spiro atoms. The number of sulfonamides is 1. The monoisotopic (exact) mass is 567 g/mol. The summed E-state index contributed by atoms with van der Waals surface area (Å²) < 4.78 is 35.2. The Morgan fingerprint density at radius 3 is 2.61 bits per heavy atom. The normalized spacial score (nSPS) is 15.2. The van der Waals surface area contributed by atoms with Gasteiger partial charge in [-0.05, 0) is 53.9 Å². The molecule has 0 N–H and O–H groups in total. The van der Waals surface area contributed by atoms with E-state index in [2.05, 4.69) is 26.0 Å². The lowest BCUT2D eigenvalue weighted by Gasteiger charge is -2.40. The Morgan fingerprint density at radius 1 is 1.12 bits per heavy atom. The van der Waals surface area contributed by atoms with Crippen LogP contribution in [0.15, 0.2) is 91.0 Å². The van der Waals surface area contributed by atoms with Gasteiger partial charge in [0.15, 0.2) is 5.03 Å². The fraction of sp³-hybridized carbons (Fsp3) is 0.241. The molecule has 2 aromatic carbocycles. The van der Waals surface area contributed by atoms with Gasteiger partial charge in [0.1, 0.15) is 0 Å². The smallest absolute Gasteiger partial charge is 0.262 e. The molecule has 0 amide bonds. The van der Waals surface area contributed by atoms with E-state index in [1.165, 1.54) is 12.5 Å². The third-order valence-corrected chi connectivity index (χ3v) is 9.19.